The van der Waals surface area contributed by atoms with Gasteiger partial charge >= 0.3 is 0 Å². The number of carbonyl (C=O) groups is 3. The number of nitrogens with zero attached hydrogens (tertiary/aromatic N) is 1. The molecule has 0 saturated heterocycles. The number of hydrogen-bond acceptors (Lipinski definition) is 6. The fraction of sp³-hybridized carbons (Fsp3) is 0.0952. The standard InChI is InChI=1S/C42H35BrN4O3S2/c1-27(2)29-15-13-28(14-16-29)25-36(45-39(48)32-11-7-4-8-12-32)40(49)44-34-21-23-35(24-22-34)52-38(31-9-5-3-6-10-31)41(50)47-42-46-37(26-51-42)30-17-19-33(43)20-18-30/h3-27,38H,1-2H3,(H,44,49)(H,45,48)(H,46,47,50)/b36-25-. The molecule has 0 fully saturated rings. The zero-order valence-corrected chi connectivity index (χ0v) is 31.6. The number of hydrogen-bond donors (Lipinski definition) is 3. The maximum absolute atomic E-state index is 13.7. The summed E-state index contributed by atoms with van der Waals surface area (Å²) in [6.45, 7) is 4.24. The number of amides is 3. The smallest absolute Gasteiger partial charge is 0.272 e. The van der Waals surface area contributed by atoms with Crippen LogP contribution in [0.2, 0.25) is 0 Å². The third kappa shape index (κ3) is 9.73. The largest absolute Gasteiger partial charge is 0.321 e. The number of rotatable bonds is 12. The van der Waals surface area contributed by atoms with Crippen LogP contribution in [0, 0.1) is 0 Å². The first-order valence-electron chi connectivity index (χ1n) is 16.6. The van der Waals surface area contributed by atoms with E-state index in [0.717, 1.165) is 31.8 Å². The van der Waals surface area contributed by atoms with Gasteiger partial charge < -0.3 is 16.0 Å². The van der Waals surface area contributed by atoms with Gasteiger partial charge in [-0.25, -0.2) is 4.98 Å². The normalized spacial score (nSPS) is 11.9. The Morgan fingerprint density at radius 2 is 1.40 bits per heavy atom. The minimum absolute atomic E-state index is 0.107. The minimum atomic E-state index is -0.563. The summed E-state index contributed by atoms with van der Waals surface area (Å²) in [5.41, 5.74) is 5.63. The molecular formula is C42H35BrN4O3S2. The summed E-state index contributed by atoms with van der Waals surface area (Å²) in [6.07, 6.45) is 1.66. The fourth-order valence-electron chi connectivity index (χ4n) is 5.19. The van der Waals surface area contributed by atoms with Gasteiger partial charge in [0, 0.05) is 31.6 Å². The molecule has 6 aromatic rings. The van der Waals surface area contributed by atoms with Gasteiger partial charge in [0.05, 0.1) is 5.69 Å². The summed E-state index contributed by atoms with van der Waals surface area (Å²) < 4.78 is 0.982. The van der Waals surface area contributed by atoms with Crippen molar-refractivity contribution in [2.75, 3.05) is 10.6 Å². The van der Waals surface area contributed by atoms with Crippen LogP contribution in [-0.4, -0.2) is 22.7 Å². The molecule has 3 amide bonds. The third-order valence-corrected chi connectivity index (χ3v) is 10.6. The summed E-state index contributed by atoms with van der Waals surface area (Å²) in [6, 6.07) is 41.4. The first kappa shape index (κ1) is 36.5. The molecule has 0 spiro atoms. The topological polar surface area (TPSA) is 100 Å². The SMILES string of the molecule is CC(C)c1ccc(/C=C(\NC(=O)c2ccccc2)C(=O)Nc2ccc(SC(C(=O)Nc3nc(-c4ccc(Br)cc4)cs3)c3ccccc3)cc2)cc1. The molecule has 6 rings (SSSR count). The van der Waals surface area contributed by atoms with E-state index < -0.39 is 11.2 Å². The lowest BCUT2D eigenvalue weighted by Gasteiger charge is -2.17. The van der Waals surface area contributed by atoms with Crippen LogP contribution in [-0.2, 0) is 9.59 Å². The maximum atomic E-state index is 13.7. The summed E-state index contributed by atoms with van der Waals surface area (Å²) in [7, 11) is 0. The van der Waals surface area contributed by atoms with Gasteiger partial charge in [0.2, 0.25) is 5.91 Å². The van der Waals surface area contributed by atoms with E-state index in [9.17, 15) is 14.4 Å². The molecule has 260 valence electrons. The molecular weight excluding hydrogens is 753 g/mol. The second kappa shape index (κ2) is 17.3. The van der Waals surface area contributed by atoms with Crippen LogP contribution in [0.4, 0.5) is 10.8 Å². The van der Waals surface area contributed by atoms with Crippen LogP contribution < -0.4 is 16.0 Å². The highest BCUT2D eigenvalue weighted by molar-refractivity contribution is 9.10. The molecule has 52 heavy (non-hydrogen) atoms. The molecule has 10 heteroatoms. The molecule has 0 saturated carbocycles. The van der Waals surface area contributed by atoms with Gasteiger partial charge in [-0.05, 0) is 77.2 Å². The highest BCUT2D eigenvalue weighted by Crippen LogP contribution is 2.37. The van der Waals surface area contributed by atoms with Gasteiger partial charge in [0.1, 0.15) is 10.9 Å². The van der Waals surface area contributed by atoms with Crippen molar-refractivity contribution in [3.05, 3.63) is 171 Å². The molecule has 3 N–H and O–H groups in total. The molecule has 1 atom stereocenters. The number of anilines is 2. The van der Waals surface area contributed by atoms with Crippen molar-refractivity contribution in [2.45, 2.75) is 29.9 Å². The Balaban J connectivity index is 1.17. The second-order valence-electron chi connectivity index (χ2n) is 12.1. The van der Waals surface area contributed by atoms with E-state index in [0.29, 0.717) is 22.3 Å². The van der Waals surface area contributed by atoms with Crippen molar-refractivity contribution >= 4 is 73.6 Å². The van der Waals surface area contributed by atoms with Gasteiger partial charge in [-0.3, -0.25) is 14.4 Å². The Labute approximate surface area is 319 Å². The number of aromatic nitrogens is 1. The van der Waals surface area contributed by atoms with E-state index in [1.54, 1.807) is 42.5 Å². The number of thiazole rings is 1. The summed E-state index contributed by atoms with van der Waals surface area (Å²) in [5, 5.41) is 10.6. The van der Waals surface area contributed by atoms with E-state index in [4.69, 9.17) is 0 Å². The fourth-order valence-corrected chi connectivity index (χ4v) is 7.21. The van der Waals surface area contributed by atoms with Crippen molar-refractivity contribution in [3.8, 4) is 11.3 Å². The van der Waals surface area contributed by atoms with Gasteiger partial charge in [-0.1, -0.05) is 115 Å². The Kier molecular flexibility index (Phi) is 12.1. The van der Waals surface area contributed by atoms with Gasteiger partial charge in [0.15, 0.2) is 5.13 Å². The molecule has 1 unspecified atom stereocenters. The summed E-state index contributed by atoms with van der Waals surface area (Å²) in [5.74, 6) is -0.688. The Morgan fingerprint density at radius 3 is 2.06 bits per heavy atom. The number of benzene rings is 5. The molecule has 0 aliphatic carbocycles. The van der Waals surface area contributed by atoms with E-state index in [2.05, 4.69) is 50.7 Å². The Morgan fingerprint density at radius 1 is 0.750 bits per heavy atom. The molecule has 1 aromatic heterocycles. The summed E-state index contributed by atoms with van der Waals surface area (Å²) >= 11 is 6.23. The summed E-state index contributed by atoms with van der Waals surface area (Å²) in [4.78, 5) is 45.9. The monoisotopic (exact) mass is 786 g/mol. The lowest BCUT2D eigenvalue weighted by molar-refractivity contribution is -0.116. The Hall–Kier alpha value is -5.29. The van der Waals surface area contributed by atoms with Crippen LogP contribution >= 0.6 is 39.0 Å². The van der Waals surface area contributed by atoms with Gasteiger partial charge in [-0.2, -0.15) is 0 Å². The molecule has 5 aromatic carbocycles. The molecule has 0 radical (unpaired) electrons. The second-order valence-corrected chi connectivity index (χ2v) is 15.1. The average Bonchev–Trinajstić information content (AvgIpc) is 3.63. The minimum Gasteiger partial charge on any atom is -0.321 e. The van der Waals surface area contributed by atoms with Crippen molar-refractivity contribution in [1.29, 1.82) is 0 Å². The highest BCUT2D eigenvalue weighted by atomic mass is 79.9. The van der Waals surface area contributed by atoms with Gasteiger partial charge in [-0.15, -0.1) is 23.1 Å². The van der Waals surface area contributed by atoms with E-state index in [-0.39, 0.29) is 17.5 Å². The van der Waals surface area contributed by atoms with Crippen molar-refractivity contribution in [3.63, 3.8) is 0 Å². The van der Waals surface area contributed by atoms with E-state index in [1.165, 1.54) is 28.7 Å². The lowest BCUT2D eigenvalue weighted by Crippen LogP contribution is -2.30. The lowest BCUT2D eigenvalue weighted by atomic mass is 10.0. The van der Waals surface area contributed by atoms with Crippen LogP contribution in [0.25, 0.3) is 17.3 Å². The van der Waals surface area contributed by atoms with Crippen molar-refractivity contribution < 1.29 is 14.4 Å². The number of halogens is 1. The van der Waals surface area contributed by atoms with Crippen molar-refractivity contribution in [2.24, 2.45) is 0 Å². The predicted molar refractivity (Wildman–Crippen MR) is 216 cm³/mol. The predicted octanol–water partition coefficient (Wildman–Crippen LogP) is 10.6. The number of carbonyl (C=O) groups excluding carboxylic acids is 3. The van der Waals surface area contributed by atoms with E-state index >= 15 is 0 Å². The average molecular weight is 788 g/mol. The molecule has 0 bridgehead atoms. The molecule has 0 aliphatic heterocycles. The number of thioether (sulfide) groups is 1. The zero-order chi connectivity index (χ0) is 36.5. The van der Waals surface area contributed by atoms with Crippen LogP contribution in [0.15, 0.2) is 154 Å². The molecule has 1 heterocycles. The Bertz CT molecular complexity index is 2170. The quantitative estimate of drug-likeness (QED) is 0.0847. The first-order chi connectivity index (χ1) is 25.2. The third-order valence-electron chi connectivity index (χ3n) is 8.02. The van der Waals surface area contributed by atoms with Gasteiger partial charge in [0.25, 0.3) is 11.8 Å². The molecule has 7 nitrogen and oxygen atoms in total. The first-order valence-corrected chi connectivity index (χ1v) is 19.1. The maximum Gasteiger partial charge on any atom is 0.272 e. The zero-order valence-electron chi connectivity index (χ0n) is 28.4. The van der Waals surface area contributed by atoms with Crippen molar-refractivity contribution in [1.82, 2.24) is 10.3 Å². The van der Waals surface area contributed by atoms with E-state index in [1.807, 2.05) is 102 Å². The highest BCUT2D eigenvalue weighted by Gasteiger charge is 2.24. The van der Waals surface area contributed by atoms with Crippen LogP contribution in [0.1, 0.15) is 52.1 Å². The number of nitrogens with one attached hydrogen (secondary N) is 3. The molecule has 0 aliphatic rings. The van der Waals surface area contributed by atoms with Crippen LogP contribution in [0.3, 0.4) is 0 Å². The van der Waals surface area contributed by atoms with Crippen LogP contribution in [0.5, 0.6) is 0 Å².